The third-order valence-electron chi connectivity index (χ3n) is 4.18. The van der Waals surface area contributed by atoms with Crippen LogP contribution in [0.2, 0.25) is 5.02 Å². The van der Waals surface area contributed by atoms with Gasteiger partial charge in [-0.3, -0.25) is 14.6 Å². The Balaban J connectivity index is 1.37. The van der Waals surface area contributed by atoms with E-state index in [1.54, 1.807) is 30.5 Å². The second-order valence-electron chi connectivity index (χ2n) is 5.98. The summed E-state index contributed by atoms with van der Waals surface area (Å²) in [5.74, 6) is -1.48. The molecule has 0 spiro atoms. The minimum absolute atomic E-state index is 0.0372. The average Bonchev–Trinajstić information content (AvgIpc) is 2.93. The van der Waals surface area contributed by atoms with Crippen LogP contribution in [-0.4, -0.2) is 33.6 Å². The Hall–Kier alpha value is -2.90. The molecule has 0 fully saturated rings. The monoisotopic (exact) mass is 412 g/mol. The molecule has 140 valence electrons. The van der Waals surface area contributed by atoms with Crippen molar-refractivity contribution < 1.29 is 19.2 Å². The number of hydroxylamine groups is 2. The minimum atomic E-state index is -0.650. The molecule has 0 radical (unpaired) electrons. The number of carbonyl (C=O) groups is 3. The van der Waals surface area contributed by atoms with E-state index in [9.17, 15) is 14.4 Å². The lowest BCUT2D eigenvalue weighted by molar-refractivity contribution is -0.167. The lowest BCUT2D eigenvalue weighted by atomic mass is 10.1. The van der Waals surface area contributed by atoms with Gasteiger partial charge in [0, 0.05) is 27.3 Å². The van der Waals surface area contributed by atoms with Gasteiger partial charge in [0.2, 0.25) is 0 Å². The Morgan fingerprint density at radius 2 is 1.79 bits per heavy atom. The average molecular weight is 413 g/mol. The maximum atomic E-state index is 12.2. The Morgan fingerprint density at radius 1 is 1.07 bits per heavy atom. The predicted molar refractivity (Wildman–Crippen MR) is 105 cm³/mol. The normalized spacial score (nSPS) is 13.1. The fourth-order valence-corrected chi connectivity index (χ4v) is 4.00. The number of benzene rings is 2. The van der Waals surface area contributed by atoms with E-state index in [0.717, 1.165) is 15.8 Å². The molecule has 0 saturated carbocycles. The maximum Gasteiger partial charge on any atom is 0.334 e. The van der Waals surface area contributed by atoms with Crippen molar-refractivity contribution in [1.29, 1.82) is 0 Å². The number of rotatable bonds is 5. The third-order valence-corrected chi connectivity index (χ3v) is 5.49. The Labute approximate surface area is 169 Å². The molecule has 2 heterocycles. The molecule has 0 atom stereocenters. The van der Waals surface area contributed by atoms with Crippen LogP contribution in [-0.2, 0) is 9.63 Å². The summed E-state index contributed by atoms with van der Waals surface area (Å²) in [6.07, 6.45) is 1.72. The first kappa shape index (κ1) is 18.5. The summed E-state index contributed by atoms with van der Waals surface area (Å²) in [4.78, 5) is 46.8. The molecule has 1 aliphatic rings. The molecule has 2 aromatic carbocycles. The molecule has 2 amide bonds. The molecular formula is C20H13ClN2O4S. The van der Waals surface area contributed by atoms with Crippen molar-refractivity contribution in [1.82, 2.24) is 10.0 Å². The lowest BCUT2D eigenvalue weighted by Crippen LogP contribution is -2.32. The number of halogens is 1. The van der Waals surface area contributed by atoms with Crippen LogP contribution >= 0.6 is 23.4 Å². The number of thioether (sulfide) groups is 1. The van der Waals surface area contributed by atoms with Gasteiger partial charge in [-0.05, 0) is 30.3 Å². The second-order valence-corrected chi connectivity index (χ2v) is 7.56. The molecule has 0 saturated heterocycles. The van der Waals surface area contributed by atoms with Gasteiger partial charge in [0.05, 0.1) is 23.1 Å². The van der Waals surface area contributed by atoms with E-state index < -0.39 is 17.8 Å². The Morgan fingerprint density at radius 3 is 2.50 bits per heavy atom. The zero-order chi connectivity index (χ0) is 19.7. The smallest absolute Gasteiger partial charge is 0.330 e. The van der Waals surface area contributed by atoms with E-state index >= 15 is 0 Å². The summed E-state index contributed by atoms with van der Waals surface area (Å²) >= 11 is 7.45. The van der Waals surface area contributed by atoms with E-state index in [2.05, 4.69) is 4.98 Å². The number of hydrogen-bond acceptors (Lipinski definition) is 6. The highest BCUT2D eigenvalue weighted by Crippen LogP contribution is 2.29. The molecule has 0 aliphatic carbocycles. The SMILES string of the molecule is O=C(CCSc1ccnc2cc(Cl)ccc12)ON1C(=O)c2ccccc2C1=O. The van der Waals surface area contributed by atoms with Crippen LogP contribution in [0.3, 0.4) is 0 Å². The second kappa shape index (κ2) is 7.61. The van der Waals surface area contributed by atoms with Crippen molar-refractivity contribution in [2.75, 3.05) is 5.75 Å². The Bertz CT molecular complexity index is 1080. The molecule has 3 aromatic rings. The minimum Gasteiger partial charge on any atom is -0.330 e. The van der Waals surface area contributed by atoms with E-state index in [1.807, 2.05) is 12.1 Å². The van der Waals surface area contributed by atoms with Gasteiger partial charge in [-0.2, -0.15) is 0 Å². The number of amides is 2. The zero-order valence-electron chi connectivity index (χ0n) is 14.4. The van der Waals surface area contributed by atoms with Crippen LogP contribution in [0.25, 0.3) is 10.9 Å². The molecule has 0 bridgehead atoms. The van der Waals surface area contributed by atoms with Crippen molar-refractivity contribution >= 4 is 52.0 Å². The molecule has 1 aliphatic heterocycles. The summed E-state index contributed by atoms with van der Waals surface area (Å²) < 4.78 is 0. The standard InChI is InChI=1S/C20H13ClN2O4S/c21-12-5-6-15-16(11-12)22-9-7-17(15)28-10-8-18(24)27-23-19(25)13-3-1-2-4-14(13)20(23)26/h1-7,9,11H,8,10H2. The van der Waals surface area contributed by atoms with Crippen LogP contribution in [0.15, 0.2) is 59.6 Å². The van der Waals surface area contributed by atoms with Gasteiger partial charge in [0.25, 0.3) is 11.8 Å². The summed E-state index contributed by atoms with van der Waals surface area (Å²) in [6.45, 7) is 0. The number of nitrogens with zero attached hydrogens (tertiary/aromatic N) is 2. The van der Waals surface area contributed by atoms with Crippen LogP contribution in [0.4, 0.5) is 0 Å². The van der Waals surface area contributed by atoms with Gasteiger partial charge < -0.3 is 4.84 Å². The first-order chi connectivity index (χ1) is 13.5. The van der Waals surface area contributed by atoms with Gasteiger partial charge in [-0.15, -0.1) is 11.8 Å². The highest BCUT2D eigenvalue weighted by Gasteiger charge is 2.38. The number of hydrogen-bond donors (Lipinski definition) is 0. The molecule has 0 N–H and O–H groups in total. The maximum absolute atomic E-state index is 12.2. The molecule has 6 nitrogen and oxygen atoms in total. The number of fused-ring (bicyclic) bond motifs is 2. The molecule has 4 rings (SSSR count). The van der Waals surface area contributed by atoms with Crippen molar-refractivity contribution in [2.45, 2.75) is 11.3 Å². The van der Waals surface area contributed by atoms with Crippen molar-refractivity contribution in [3.8, 4) is 0 Å². The van der Waals surface area contributed by atoms with Gasteiger partial charge in [0.15, 0.2) is 0 Å². The Kier molecular flexibility index (Phi) is 5.02. The topological polar surface area (TPSA) is 76.6 Å². The number of carbonyl (C=O) groups excluding carboxylic acids is 3. The lowest BCUT2D eigenvalue weighted by Gasteiger charge is -2.12. The van der Waals surface area contributed by atoms with Crippen LogP contribution in [0, 0.1) is 0 Å². The fraction of sp³-hybridized carbons (Fsp3) is 0.100. The quantitative estimate of drug-likeness (QED) is 0.463. The molecule has 1 aromatic heterocycles. The van der Waals surface area contributed by atoms with Crippen LogP contribution in [0.1, 0.15) is 27.1 Å². The summed E-state index contributed by atoms with van der Waals surface area (Å²) in [5.41, 5.74) is 1.24. The third kappa shape index (κ3) is 3.46. The van der Waals surface area contributed by atoms with E-state index in [0.29, 0.717) is 15.8 Å². The van der Waals surface area contributed by atoms with Crippen LogP contribution < -0.4 is 0 Å². The first-order valence-electron chi connectivity index (χ1n) is 8.40. The highest BCUT2D eigenvalue weighted by molar-refractivity contribution is 7.99. The van der Waals surface area contributed by atoms with Gasteiger partial charge in [-0.1, -0.05) is 34.9 Å². The fourth-order valence-electron chi connectivity index (χ4n) is 2.86. The summed E-state index contributed by atoms with van der Waals surface area (Å²) in [7, 11) is 0. The first-order valence-corrected chi connectivity index (χ1v) is 9.76. The number of pyridine rings is 1. The summed E-state index contributed by atoms with van der Waals surface area (Å²) in [5, 5.41) is 2.07. The van der Waals surface area contributed by atoms with Crippen molar-refractivity contribution in [2.24, 2.45) is 0 Å². The van der Waals surface area contributed by atoms with Gasteiger partial charge in [0.1, 0.15) is 0 Å². The number of aromatic nitrogens is 1. The summed E-state index contributed by atoms with van der Waals surface area (Å²) in [6, 6.07) is 13.7. The van der Waals surface area contributed by atoms with E-state index in [1.165, 1.54) is 23.9 Å². The molecular weight excluding hydrogens is 400 g/mol. The van der Waals surface area contributed by atoms with E-state index in [-0.39, 0.29) is 17.5 Å². The number of imide groups is 1. The highest BCUT2D eigenvalue weighted by atomic mass is 35.5. The van der Waals surface area contributed by atoms with Crippen LogP contribution in [0.5, 0.6) is 0 Å². The molecule has 28 heavy (non-hydrogen) atoms. The van der Waals surface area contributed by atoms with Crippen molar-refractivity contribution in [3.05, 3.63) is 70.9 Å². The predicted octanol–water partition coefficient (Wildman–Crippen LogP) is 4.12. The zero-order valence-corrected chi connectivity index (χ0v) is 16.0. The largest absolute Gasteiger partial charge is 0.334 e. The van der Waals surface area contributed by atoms with Crippen molar-refractivity contribution in [3.63, 3.8) is 0 Å². The van der Waals surface area contributed by atoms with Gasteiger partial charge in [-0.25, -0.2) is 4.79 Å². The van der Waals surface area contributed by atoms with E-state index in [4.69, 9.17) is 16.4 Å². The molecule has 0 unspecified atom stereocenters. The van der Waals surface area contributed by atoms with Gasteiger partial charge >= 0.3 is 5.97 Å². The molecule has 8 heteroatoms.